The molecule has 1 atom stereocenters. The van der Waals surface area contributed by atoms with Crippen molar-refractivity contribution in [2.24, 2.45) is 0 Å². The maximum absolute atomic E-state index is 12.7. The SMILES string of the molecule is CC[C@H](NC(=O)CN(c1ccc2c(c1)OCCO2)S(=O)(=O)CC)c1ccccc1. The Labute approximate surface area is 171 Å². The molecule has 0 saturated carbocycles. The molecule has 0 saturated heterocycles. The molecule has 0 aliphatic carbocycles. The number of carbonyl (C=O) groups excluding carboxylic acids is 1. The van der Waals surface area contributed by atoms with Gasteiger partial charge in [-0.05, 0) is 31.0 Å². The van der Waals surface area contributed by atoms with E-state index < -0.39 is 10.0 Å². The smallest absolute Gasteiger partial charge is 0.241 e. The zero-order valence-electron chi connectivity index (χ0n) is 16.6. The van der Waals surface area contributed by atoms with E-state index in [-0.39, 0.29) is 24.2 Å². The minimum absolute atomic E-state index is 0.120. The number of anilines is 1. The van der Waals surface area contributed by atoms with Gasteiger partial charge in [0.2, 0.25) is 15.9 Å². The summed E-state index contributed by atoms with van der Waals surface area (Å²) < 4.78 is 37.6. The molecule has 1 aliphatic heterocycles. The zero-order chi connectivity index (χ0) is 20.9. The molecule has 0 aromatic heterocycles. The summed E-state index contributed by atoms with van der Waals surface area (Å²) in [4.78, 5) is 12.7. The van der Waals surface area contributed by atoms with Gasteiger partial charge in [0.15, 0.2) is 11.5 Å². The fourth-order valence-electron chi connectivity index (χ4n) is 3.17. The van der Waals surface area contributed by atoms with Gasteiger partial charge in [-0.15, -0.1) is 0 Å². The lowest BCUT2D eigenvalue weighted by molar-refractivity contribution is -0.120. The van der Waals surface area contributed by atoms with Crippen LogP contribution >= 0.6 is 0 Å². The van der Waals surface area contributed by atoms with E-state index in [1.807, 2.05) is 37.3 Å². The molecule has 0 unspecified atom stereocenters. The van der Waals surface area contributed by atoms with Gasteiger partial charge in [0.1, 0.15) is 19.8 Å². The Hall–Kier alpha value is -2.74. The van der Waals surface area contributed by atoms with E-state index in [4.69, 9.17) is 9.47 Å². The van der Waals surface area contributed by atoms with Crippen molar-refractivity contribution in [2.45, 2.75) is 26.3 Å². The van der Waals surface area contributed by atoms with Crippen LogP contribution in [0.1, 0.15) is 31.9 Å². The minimum Gasteiger partial charge on any atom is -0.486 e. The Kier molecular flexibility index (Phi) is 6.64. The highest BCUT2D eigenvalue weighted by Gasteiger charge is 2.26. The quantitative estimate of drug-likeness (QED) is 0.713. The van der Waals surface area contributed by atoms with Gasteiger partial charge < -0.3 is 14.8 Å². The van der Waals surface area contributed by atoms with E-state index >= 15 is 0 Å². The van der Waals surface area contributed by atoms with Crippen molar-refractivity contribution in [3.05, 3.63) is 54.1 Å². The maximum Gasteiger partial charge on any atom is 0.241 e. The molecular formula is C21H26N2O5S. The summed E-state index contributed by atoms with van der Waals surface area (Å²) in [6.45, 7) is 4.06. The molecule has 0 spiro atoms. The van der Waals surface area contributed by atoms with Crippen LogP contribution in [0.3, 0.4) is 0 Å². The number of rotatable bonds is 8. The average Bonchev–Trinajstić information content (AvgIpc) is 2.76. The number of hydrogen-bond donors (Lipinski definition) is 1. The molecular weight excluding hydrogens is 392 g/mol. The van der Waals surface area contributed by atoms with Crippen LogP contribution in [0.25, 0.3) is 0 Å². The van der Waals surface area contributed by atoms with Gasteiger partial charge in [0, 0.05) is 6.07 Å². The third kappa shape index (κ3) is 5.00. The Bertz CT molecular complexity index is 947. The first-order valence-corrected chi connectivity index (χ1v) is 11.3. The molecule has 1 N–H and O–H groups in total. The monoisotopic (exact) mass is 418 g/mol. The third-order valence-corrected chi connectivity index (χ3v) is 6.49. The van der Waals surface area contributed by atoms with Gasteiger partial charge in [0.05, 0.1) is 17.5 Å². The van der Waals surface area contributed by atoms with Crippen LogP contribution in [0.4, 0.5) is 5.69 Å². The third-order valence-electron chi connectivity index (χ3n) is 4.75. The van der Waals surface area contributed by atoms with Crippen molar-refractivity contribution in [2.75, 3.05) is 29.8 Å². The Morgan fingerprint density at radius 3 is 2.41 bits per heavy atom. The zero-order valence-corrected chi connectivity index (χ0v) is 17.4. The highest BCUT2D eigenvalue weighted by Crippen LogP contribution is 2.34. The minimum atomic E-state index is -3.67. The van der Waals surface area contributed by atoms with Crippen molar-refractivity contribution in [1.29, 1.82) is 0 Å². The molecule has 3 rings (SSSR count). The lowest BCUT2D eigenvalue weighted by Gasteiger charge is -2.26. The maximum atomic E-state index is 12.7. The van der Waals surface area contributed by atoms with E-state index in [0.29, 0.717) is 36.8 Å². The molecule has 1 aliphatic rings. The summed E-state index contributed by atoms with van der Waals surface area (Å²) in [5, 5.41) is 2.94. The number of nitrogens with zero attached hydrogens (tertiary/aromatic N) is 1. The number of benzene rings is 2. The van der Waals surface area contributed by atoms with Crippen molar-refractivity contribution in [3.63, 3.8) is 0 Å². The Balaban J connectivity index is 1.82. The van der Waals surface area contributed by atoms with Crippen LogP contribution in [-0.2, 0) is 14.8 Å². The summed E-state index contributed by atoms with van der Waals surface area (Å²) in [6, 6.07) is 14.3. The Morgan fingerprint density at radius 2 is 1.76 bits per heavy atom. The molecule has 1 amide bonds. The largest absolute Gasteiger partial charge is 0.486 e. The number of ether oxygens (including phenoxy) is 2. The number of fused-ring (bicyclic) bond motifs is 1. The standard InChI is InChI=1S/C21H26N2O5S/c1-3-18(16-8-6-5-7-9-16)22-21(24)15-23(29(25,26)4-2)17-10-11-19-20(14-17)28-13-12-27-19/h5-11,14,18H,3-4,12-13,15H2,1-2H3,(H,22,24)/t18-/m0/s1. The van der Waals surface area contributed by atoms with Crippen molar-refractivity contribution >= 4 is 21.6 Å². The molecule has 1 heterocycles. The van der Waals surface area contributed by atoms with Gasteiger partial charge >= 0.3 is 0 Å². The highest BCUT2D eigenvalue weighted by molar-refractivity contribution is 7.92. The van der Waals surface area contributed by atoms with Gasteiger partial charge in [-0.25, -0.2) is 8.42 Å². The average molecular weight is 419 g/mol. The van der Waals surface area contributed by atoms with E-state index in [9.17, 15) is 13.2 Å². The van der Waals surface area contributed by atoms with Crippen LogP contribution in [0.5, 0.6) is 11.5 Å². The first kappa shape index (κ1) is 21.0. The molecule has 0 bridgehead atoms. The molecule has 156 valence electrons. The van der Waals surface area contributed by atoms with E-state index in [1.165, 1.54) is 0 Å². The summed E-state index contributed by atoms with van der Waals surface area (Å²) in [7, 11) is -3.67. The summed E-state index contributed by atoms with van der Waals surface area (Å²) in [5.41, 5.74) is 1.35. The Morgan fingerprint density at radius 1 is 1.07 bits per heavy atom. The van der Waals surface area contributed by atoms with Crippen LogP contribution in [0.2, 0.25) is 0 Å². The lowest BCUT2D eigenvalue weighted by Crippen LogP contribution is -2.42. The van der Waals surface area contributed by atoms with E-state index in [1.54, 1.807) is 25.1 Å². The van der Waals surface area contributed by atoms with Crippen LogP contribution in [0.15, 0.2) is 48.5 Å². The second-order valence-electron chi connectivity index (χ2n) is 6.67. The molecule has 8 heteroatoms. The summed E-state index contributed by atoms with van der Waals surface area (Å²) in [6.07, 6.45) is 0.695. The predicted octanol–water partition coefficient (Wildman–Crippen LogP) is 2.88. The van der Waals surface area contributed by atoms with Gasteiger partial charge in [-0.1, -0.05) is 37.3 Å². The molecule has 2 aromatic rings. The first-order chi connectivity index (χ1) is 13.9. The van der Waals surface area contributed by atoms with Crippen molar-refractivity contribution < 1.29 is 22.7 Å². The highest BCUT2D eigenvalue weighted by atomic mass is 32.2. The lowest BCUT2D eigenvalue weighted by atomic mass is 10.0. The summed E-state index contributed by atoms with van der Waals surface area (Å²) in [5.74, 6) is 0.548. The topological polar surface area (TPSA) is 84.9 Å². The number of carbonyl (C=O) groups is 1. The van der Waals surface area contributed by atoms with Gasteiger partial charge in [0.25, 0.3) is 0 Å². The van der Waals surface area contributed by atoms with Gasteiger partial charge in [-0.3, -0.25) is 9.10 Å². The fraction of sp³-hybridized carbons (Fsp3) is 0.381. The van der Waals surface area contributed by atoms with Crippen LogP contribution in [-0.4, -0.2) is 39.8 Å². The second-order valence-corrected chi connectivity index (χ2v) is 8.86. The number of amides is 1. The second kappa shape index (κ2) is 9.17. The van der Waals surface area contributed by atoms with Crippen molar-refractivity contribution in [3.8, 4) is 11.5 Å². The van der Waals surface area contributed by atoms with E-state index in [0.717, 1.165) is 9.87 Å². The summed E-state index contributed by atoms with van der Waals surface area (Å²) >= 11 is 0. The van der Waals surface area contributed by atoms with E-state index in [2.05, 4.69) is 5.32 Å². The normalized spacial score (nSPS) is 14.1. The van der Waals surface area contributed by atoms with Crippen LogP contribution in [0, 0.1) is 0 Å². The van der Waals surface area contributed by atoms with Gasteiger partial charge in [-0.2, -0.15) is 0 Å². The first-order valence-electron chi connectivity index (χ1n) is 9.69. The van der Waals surface area contributed by atoms with Crippen LogP contribution < -0.4 is 19.1 Å². The molecule has 7 nitrogen and oxygen atoms in total. The fourth-order valence-corrected chi connectivity index (χ4v) is 4.23. The molecule has 0 radical (unpaired) electrons. The number of nitrogens with one attached hydrogen (secondary N) is 1. The number of hydrogen-bond acceptors (Lipinski definition) is 5. The molecule has 2 aromatic carbocycles. The molecule has 29 heavy (non-hydrogen) atoms. The predicted molar refractivity (Wildman–Crippen MR) is 112 cm³/mol. The number of sulfonamides is 1. The van der Waals surface area contributed by atoms with Crippen molar-refractivity contribution in [1.82, 2.24) is 5.32 Å². The molecule has 0 fully saturated rings.